The molecule has 2 heterocycles. The predicted octanol–water partition coefficient (Wildman–Crippen LogP) is 4.01. The van der Waals surface area contributed by atoms with Gasteiger partial charge in [0.1, 0.15) is 5.82 Å². The number of hydrogen-bond donors (Lipinski definition) is 1. The Balaban J connectivity index is 1.43. The fraction of sp³-hybridized carbons (Fsp3) is 0.684. The molecule has 0 saturated heterocycles. The summed E-state index contributed by atoms with van der Waals surface area (Å²) in [5.41, 5.74) is 0.984. The summed E-state index contributed by atoms with van der Waals surface area (Å²) in [4.78, 5) is 19.0. The minimum Gasteiger partial charge on any atom is -0.339 e. The van der Waals surface area contributed by atoms with E-state index < -0.39 is 0 Å². The maximum atomic E-state index is 12.9. The summed E-state index contributed by atoms with van der Waals surface area (Å²) in [5, 5.41) is 11.6. The molecule has 0 unspecified atom stereocenters. The molecule has 2 aromatic rings. The molecule has 1 N–H and O–H groups in total. The number of carbonyl (C=O) groups is 1. The smallest absolute Gasteiger partial charge is 0.323 e. The lowest BCUT2D eigenvalue weighted by Crippen LogP contribution is -2.35. The van der Waals surface area contributed by atoms with E-state index >= 15 is 0 Å². The highest BCUT2D eigenvalue weighted by Gasteiger charge is 2.27. The van der Waals surface area contributed by atoms with Crippen molar-refractivity contribution in [3.63, 3.8) is 0 Å². The number of nitrogens with one attached hydrogen (secondary N) is 1. The topological polar surface area (TPSA) is 89.1 Å². The van der Waals surface area contributed by atoms with Gasteiger partial charge < -0.3 is 9.42 Å². The van der Waals surface area contributed by atoms with Crippen molar-refractivity contribution in [1.82, 2.24) is 24.8 Å². The van der Waals surface area contributed by atoms with Crippen LogP contribution in [0, 0.1) is 6.92 Å². The molecule has 2 amide bonds. The maximum Gasteiger partial charge on any atom is 0.323 e. The monoisotopic (exact) mass is 372 g/mol. The Morgan fingerprint density at radius 3 is 2.74 bits per heavy atom. The van der Waals surface area contributed by atoms with Crippen LogP contribution in [0.5, 0.6) is 0 Å². The molecule has 4 rings (SSSR count). The van der Waals surface area contributed by atoms with Crippen LogP contribution in [0.25, 0.3) is 0 Å². The highest BCUT2D eigenvalue weighted by molar-refractivity contribution is 5.89. The molecule has 27 heavy (non-hydrogen) atoms. The number of rotatable bonds is 6. The molecule has 0 aromatic carbocycles. The molecule has 0 aliphatic heterocycles. The average Bonchev–Trinajstić information content (AvgIpc) is 3.34. The van der Waals surface area contributed by atoms with Gasteiger partial charge in [-0.2, -0.15) is 10.1 Å². The first-order chi connectivity index (χ1) is 13.2. The average molecular weight is 372 g/mol. The molecule has 146 valence electrons. The van der Waals surface area contributed by atoms with Gasteiger partial charge in [-0.25, -0.2) is 9.48 Å². The van der Waals surface area contributed by atoms with Gasteiger partial charge in [0.2, 0.25) is 5.89 Å². The first-order valence-corrected chi connectivity index (χ1v) is 10.1. The van der Waals surface area contributed by atoms with Crippen LogP contribution in [0.2, 0.25) is 0 Å². The van der Waals surface area contributed by atoms with E-state index in [0.717, 1.165) is 37.1 Å². The Morgan fingerprint density at radius 1 is 1.30 bits per heavy atom. The zero-order chi connectivity index (χ0) is 18.8. The Kier molecular flexibility index (Phi) is 5.13. The van der Waals surface area contributed by atoms with E-state index in [-0.39, 0.29) is 6.03 Å². The standard InChI is InChI=1S/C19H28N6O2/c1-3-24(12-16-21-18(27-23-16)14-7-6-8-14)19(26)22-17-13(2)11-20-25(17)15-9-4-5-10-15/h11,14-15H,3-10,12H2,1-2H3,(H,22,26). The Bertz CT molecular complexity index is 788. The molecule has 0 atom stereocenters. The number of nitrogens with zero attached hydrogens (tertiary/aromatic N) is 5. The van der Waals surface area contributed by atoms with Crippen molar-refractivity contribution in [2.45, 2.75) is 77.3 Å². The maximum absolute atomic E-state index is 12.9. The van der Waals surface area contributed by atoms with E-state index in [1.807, 2.05) is 24.7 Å². The Morgan fingerprint density at radius 2 is 2.07 bits per heavy atom. The molecule has 0 bridgehead atoms. The second-order valence-electron chi connectivity index (χ2n) is 7.68. The number of carbonyl (C=O) groups excluding carboxylic acids is 1. The number of hydrogen-bond acceptors (Lipinski definition) is 5. The summed E-state index contributed by atoms with van der Waals surface area (Å²) in [7, 11) is 0. The fourth-order valence-electron chi connectivity index (χ4n) is 3.86. The van der Waals surface area contributed by atoms with Crippen LogP contribution in [0.1, 0.15) is 81.1 Å². The summed E-state index contributed by atoms with van der Waals surface area (Å²) in [6.45, 7) is 4.84. The number of anilines is 1. The van der Waals surface area contributed by atoms with Gasteiger partial charge in [-0.3, -0.25) is 5.32 Å². The van der Waals surface area contributed by atoms with Gasteiger partial charge >= 0.3 is 6.03 Å². The second kappa shape index (κ2) is 7.70. The van der Waals surface area contributed by atoms with E-state index in [2.05, 4.69) is 20.6 Å². The zero-order valence-electron chi connectivity index (χ0n) is 16.1. The van der Waals surface area contributed by atoms with Crippen LogP contribution in [-0.2, 0) is 6.54 Å². The molecule has 2 saturated carbocycles. The summed E-state index contributed by atoms with van der Waals surface area (Å²) >= 11 is 0. The van der Waals surface area contributed by atoms with Gasteiger partial charge in [-0.1, -0.05) is 24.4 Å². The third kappa shape index (κ3) is 3.70. The van der Waals surface area contributed by atoms with Crippen molar-refractivity contribution >= 4 is 11.8 Å². The minimum atomic E-state index is -0.157. The predicted molar refractivity (Wildman–Crippen MR) is 100 cm³/mol. The quantitative estimate of drug-likeness (QED) is 0.827. The van der Waals surface area contributed by atoms with Gasteiger partial charge in [0.25, 0.3) is 0 Å². The molecule has 8 heteroatoms. The van der Waals surface area contributed by atoms with E-state index in [0.29, 0.717) is 36.8 Å². The lowest BCUT2D eigenvalue weighted by Gasteiger charge is -2.22. The Hall–Kier alpha value is -2.38. The molecular weight excluding hydrogens is 344 g/mol. The molecule has 2 fully saturated rings. The van der Waals surface area contributed by atoms with Gasteiger partial charge in [0.05, 0.1) is 18.8 Å². The summed E-state index contributed by atoms with van der Waals surface area (Å²) < 4.78 is 7.35. The fourth-order valence-corrected chi connectivity index (χ4v) is 3.86. The third-order valence-electron chi connectivity index (χ3n) is 5.81. The van der Waals surface area contributed by atoms with Gasteiger partial charge in [0, 0.05) is 18.0 Å². The van der Waals surface area contributed by atoms with E-state index in [1.165, 1.54) is 19.3 Å². The van der Waals surface area contributed by atoms with Gasteiger partial charge in [0.15, 0.2) is 5.82 Å². The van der Waals surface area contributed by atoms with E-state index in [1.54, 1.807) is 4.90 Å². The molecule has 8 nitrogen and oxygen atoms in total. The van der Waals surface area contributed by atoms with Crippen molar-refractivity contribution < 1.29 is 9.32 Å². The molecular formula is C19H28N6O2. The van der Waals surface area contributed by atoms with Crippen LogP contribution in [0.15, 0.2) is 10.7 Å². The lowest BCUT2D eigenvalue weighted by atomic mass is 9.85. The van der Waals surface area contributed by atoms with E-state index in [9.17, 15) is 4.79 Å². The third-order valence-corrected chi connectivity index (χ3v) is 5.81. The van der Waals surface area contributed by atoms with Crippen molar-refractivity contribution in [3.05, 3.63) is 23.5 Å². The van der Waals surface area contributed by atoms with Crippen LogP contribution >= 0.6 is 0 Å². The summed E-state index contributed by atoms with van der Waals surface area (Å²) in [5.74, 6) is 2.48. The van der Waals surface area contributed by atoms with Crippen LogP contribution < -0.4 is 5.32 Å². The van der Waals surface area contributed by atoms with Crippen LogP contribution in [-0.4, -0.2) is 37.4 Å². The van der Waals surface area contributed by atoms with Crippen LogP contribution in [0.4, 0.5) is 10.6 Å². The molecule has 0 spiro atoms. The first kappa shape index (κ1) is 18.0. The van der Waals surface area contributed by atoms with Gasteiger partial charge in [-0.15, -0.1) is 0 Å². The largest absolute Gasteiger partial charge is 0.339 e. The SMILES string of the molecule is CCN(Cc1noc(C2CCC2)n1)C(=O)Nc1c(C)cnn1C1CCCC1. The number of aromatic nitrogens is 4. The molecule has 0 radical (unpaired) electrons. The van der Waals surface area contributed by atoms with Crippen molar-refractivity contribution in [2.24, 2.45) is 0 Å². The van der Waals surface area contributed by atoms with Gasteiger partial charge in [-0.05, 0) is 39.5 Å². The highest BCUT2D eigenvalue weighted by Crippen LogP contribution is 2.35. The highest BCUT2D eigenvalue weighted by atomic mass is 16.5. The summed E-state index contributed by atoms with van der Waals surface area (Å²) in [6, 6.07) is 0.224. The van der Waals surface area contributed by atoms with Crippen molar-refractivity contribution in [2.75, 3.05) is 11.9 Å². The second-order valence-corrected chi connectivity index (χ2v) is 7.68. The lowest BCUT2D eigenvalue weighted by molar-refractivity contribution is 0.209. The number of urea groups is 1. The molecule has 2 aromatic heterocycles. The number of amides is 2. The van der Waals surface area contributed by atoms with Crippen molar-refractivity contribution in [3.8, 4) is 0 Å². The Labute approximate surface area is 159 Å². The van der Waals surface area contributed by atoms with Crippen LogP contribution in [0.3, 0.4) is 0 Å². The normalized spacial score (nSPS) is 17.9. The van der Waals surface area contributed by atoms with Crippen molar-refractivity contribution in [1.29, 1.82) is 0 Å². The summed E-state index contributed by atoms with van der Waals surface area (Å²) in [6.07, 6.45) is 9.96. The zero-order valence-corrected chi connectivity index (χ0v) is 16.1. The van der Waals surface area contributed by atoms with E-state index in [4.69, 9.17) is 4.52 Å². The minimum absolute atomic E-state index is 0.157. The molecule has 2 aliphatic carbocycles. The first-order valence-electron chi connectivity index (χ1n) is 10.1. The number of aryl methyl sites for hydroxylation is 1. The molecule has 2 aliphatic rings.